The number of amides is 1. The van der Waals surface area contributed by atoms with Crippen LogP contribution in [0.1, 0.15) is 39.2 Å². The summed E-state index contributed by atoms with van der Waals surface area (Å²) in [6.07, 6.45) is 3.47. The number of anilines is 2. The highest BCUT2D eigenvalue weighted by atomic mass is 35.5. The third-order valence-corrected chi connectivity index (χ3v) is 9.70. The van der Waals surface area contributed by atoms with Gasteiger partial charge in [0.05, 0.1) is 33.3 Å². The van der Waals surface area contributed by atoms with E-state index in [-0.39, 0.29) is 20.6 Å². The Labute approximate surface area is 224 Å². The topological polar surface area (TPSA) is 92.8 Å². The molecule has 4 rings (SSSR count). The fourth-order valence-corrected chi connectivity index (χ4v) is 7.26. The Morgan fingerprint density at radius 2 is 1.78 bits per heavy atom. The number of halogens is 2. The molecule has 2 aromatic carbocycles. The molecule has 11 heteroatoms. The maximum absolute atomic E-state index is 13.6. The first-order chi connectivity index (χ1) is 17.1. The normalized spacial score (nSPS) is 13.1. The molecule has 0 atom stereocenters. The number of ether oxygens (including phenoxy) is 1. The van der Waals surface area contributed by atoms with E-state index in [2.05, 4.69) is 5.32 Å². The van der Waals surface area contributed by atoms with E-state index < -0.39 is 28.4 Å². The van der Waals surface area contributed by atoms with Gasteiger partial charge >= 0.3 is 5.97 Å². The van der Waals surface area contributed by atoms with Gasteiger partial charge < -0.3 is 10.1 Å². The van der Waals surface area contributed by atoms with E-state index in [0.29, 0.717) is 10.6 Å². The molecule has 3 aromatic rings. The molecular weight excluding hydrogens is 543 g/mol. The van der Waals surface area contributed by atoms with Gasteiger partial charge in [-0.25, -0.2) is 13.2 Å². The molecule has 0 spiro atoms. The lowest BCUT2D eigenvalue weighted by Gasteiger charge is -2.25. The molecular formula is C25H24Cl2N2O5S2. The van der Waals surface area contributed by atoms with Gasteiger partial charge in [0.1, 0.15) is 11.5 Å². The molecule has 0 fully saturated rings. The van der Waals surface area contributed by atoms with Crippen molar-refractivity contribution >= 4 is 67.1 Å². The summed E-state index contributed by atoms with van der Waals surface area (Å²) in [6, 6.07) is 10.8. The molecule has 190 valence electrons. The van der Waals surface area contributed by atoms with E-state index in [0.717, 1.165) is 46.0 Å². The minimum Gasteiger partial charge on any atom is -0.465 e. The predicted molar refractivity (Wildman–Crippen MR) is 143 cm³/mol. The van der Waals surface area contributed by atoms with Crippen molar-refractivity contribution in [3.8, 4) is 0 Å². The van der Waals surface area contributed by atoms with Gasteiger partial charge in [0.2, 0.25) is 5.91 Å². The van der Waals surface area contributed by atoms with E-state index in [1.165, 1.54) is 42.7 Å². The number of thiophene rings is 1. The SMILES string of the molecule is COC(=O)c1c(NC(=O)CN(c2cccc(Cl)c2Cl)S(=O)(=O)c2ccc(C)cc2)sc2c1CCCC2. The van der Waals surface area contributed by atoms with Crippen LogP contribution >= 0.6 is 34.5 Å². The first kappa shape index (κ1) is 26.5. The van der Waals surface area contributed by atoms with Gasteiger partial charge in [-0.15, -0.1) is 11.3 Å². The standard InChI is InChI=1S/C25H24Cl2N2O5S2/c1-15-10-12-16(13-11-15)36(32,33)29(19-8-5-7-18(26)23(19)27)14-21(30)28-24-22(25(31)34-2)17-6-3-4-9-20(17)35-24/h5,7-8,10-13H,3-4,6,9,14H2,1-2H3,(H,28,30). The summed E-state index contributed by atoms with van der Waals surface area (Å²) in [7, 11) is -2.90. The first-order valence-corrected chi connectivity index (χ1v) is 14.2. The molecule has 1 heterocycles. The van der Waals surface area contributed by atoms with Gasteiger partial charge in [0.15, 0.2) is 0 Å². The second-order valence-corrected chi connectivity index (χ2v) is 12.1. The molecule has 7 nitrogen and oxygen atoms in total. The van der Waals surface area contributed by atoms with Crippen molar-refractivity contribution in [1.29, 1.82) is 0 Å². The largest absolute Gasteiger partial charge is 0.465 e. The number of nitrogens with zero attached hydrogens (tertiary/aromatic N) is 1. The molecule has 0 radical (unpaired) electrons. The number of aryl methyl sites for hydroxylation is 2. The highest BCUT2D eigenvalue weighted by Gasteiger charge is 2.31. The molecule has 1 aliphatic carbocycles. The maximum atomic E-state index is 13.6. The Morgan fingerprint density at radius 1 is 1.08 bits per heavy atom. The van der Waals surface area contributed by atoms with Crippen LogP contribution in [0.15, 0.2) is 47.4 Å². The molecule has 0 bridgehead atoms. The van der Waals surface area contributed by atoms with Crippen LogP contribution in [0, 0.1) is 6.92 Å². The Hall–Kier alpha value is -2.59. The quantitative estimate of drug-likeness (QED) is 0.361. The molecule has 36 heavy (non-hydrogen) atoms. The van der Waals surface area contributed by atoms with Crippen molar-refractivity contribution in [3.05, 3.63) is 74.1 Å². The number of esters is 1. The number of carbonyl (C=O) groups is 2. The zero-order valence-electron chi connectivity index (χ0n) is 19.6. The Morgan fingerprint density at radius 3 is 2.47 bits per heavy atom. The molecule has 1 N–H and O–H groups in total. The van der Waals surface area contributed by atoms with Crippen molar-refractivity contribution in [1.82, 2.24) is 0 Å². The molecule has 0 saturated carbocycles. The average Bonchev–Trinajstić information content (AvgIpc) is 3.22. The third-order valence-electron chi connectivity index (χ3n) is 5.91. The van der Waals surface area contributed by atoms with Crippen LogP contribution < -0.4 is 9.62 Å². The fourth-order valence-electron chi connectivity index (χ4n) is 4.09. The van der Waals surface area contributed by atoms with Gasteiger partial charge in [-0.2, -0.15) is 0 Å². The smallest absolute Gasteiger partial charge is 0.341 e. The van der Waals surface area contributed by atoms with Crippen LogP contribution in [0.25, 0.3) is 0 Å². The summed E-state index contributed by atoms with van der Waals surface area (Å²) < 4.78 is 33.2. The third kappa shape index (κ3) is 5.25. The number of nitrogens with one attached hydrogen (secondary N) is 1. The van der Waals surface area contributed by atoms with E-state index in [1.54, 1.807) is 18.2 Å². The van der Waals surface area contributed by atoms with Crippen LogP contribution in [0.4, 0.5) is 10.7 Å². The van der Waals surface area contributed by atoms with Crippen LogP contribution in [0.3, 0.4) is 0 Å². The van der Waals surface area contributed by atoms with Gasteiger partial charge in [-0.3, -0.25) is 9.10 Å². The zero-order chi connectivity index (χ0) is 26.0. The first-order valence-electron chi connectivity index (χ1n) is 11.2. The van der Waals surface area contributed by atoms with E-state index >= 15 is 0 Å². The number of benzene rings is 2. The van der Waals surface area contributed by atoms with Crippen molar-refractivity contribution in [2.75, 3.05) is 23.3 Å². The maximum Gasteiger partial charge on any atom is 0.341 e. The summed E-state index contributed by atoms with van der Waals surface area (Å²) in [5.74, 6) is -1.17. The minimum atomic E-state index is -4.19. The number of hydrogen-bond donors (Lipinski definition) is 1. The summed E-state index contributed by atoms with van der Waals surface area (Å²) in [6.45, 7) is 1.26. The van der Waals surface area contributed by atoms with Crippen molar-refractivity contribution in [2.45, 2.75) is 37.5 Å². The van der Waals surface area contributed by atoms with Crippen LogP contribution in [0.2, 0.25) is 10.0 Å². The summed E-state index contributed by atoms with van der Waals surface area (Å²) in [5.41, 5.74) is 2.17. The van der Waals surface area contributed by atoms with E-state index in [1.807, 2.05) is 6.92 Å². The zero-order valence-corrected chi connectivity index (χ0v) is 22.8. The Kier molecular flexibility index (Phi) is 7.94. The lowest BCUT2D eigenvalue weighted by Crippen LogP contribution is -2.38. The highest BCUT2D eigenvalue weighted by Crippen LogP contribution is 2.39. The Balaban J connectivity index is 1.71. The number of methoxy groups -OCH3 is 1. The minimum absolute atomic E-state index is 0.00113. The van der Waals surface area contributed by atoms with Gasteiger partial charge in [0, 0.05) is 4.88 Å². The lowest BCUT2D eigenvalue weighted by atomic mass is 9.95. The lowest BCUT2D eigenvalue weighted by molar-refractivity contribution is -0.114. The van der Waals surface area contributed by atoms with E-state index in [4.69, 9.17) is 27.9 Å². The summed E-state index contributed by atoms with van der Waals surface area (Å²) in [5, 5.41) is 3.25. The molecule has 0 aliphatic heterocycles. The monoisotopic (exact) mass is 566 g/mol. The van der Waals surface area contributed by atoms with Crippen LogP contribution in [-0.2, 0) is 32.4 Å². The number of carbonyl (C=O) groups excluding carboxylic acids is 2. The van der Waals surface area contributed by atoms with Crippen molar-refractivity contribution < 1.29 is 22.7 Å². The number of fused-ring (bicyclic) bond motifs is 1. The number of rotatable bonds is 7. The van der Waals surface area contributed by atoms with E-state index in [9.17, 15) is 18.0 Å². The average molecular weight is 568 g/mol. The van der Waals surface area contributed by atoms with Gasteiger partial charge in [0.25, 0.3) is 10.0 Å². The Bertz CT molecular complexity index is 1420. The summed E-state index contributed by atoms with van der Waals surface area (Å²) in [4.78, 5) is 26.8. The van der Waals surface area contributed by atoms with Crippen molar-refractivity contribution in [3.63, 3.8) is 0 Å². The molecule has 0 unspecified atom stereocenters. The predicted octanol–water partition coefficient (Wildman–Crippen LogP) is 5.86. The molecule has 1 aliphatic rings. The second-order valence-electron chi connectivity index (χ2n) is 8.35. The molecule has 1 aromatic heterocycles. The van der Waals surface area contributed by atoms with Crippen molar-refractivity contribution in [2.24, 2.45) is 0 Å². The van der Waals surface area contributed by atoms with Crippen LogP contribution in [-0.4, -0.2) is 33.9 Å². The summed E-state index contributed by atoms with van der Waals surface area (Å²) >= 11 is 13.9. The second kappa shape index (κ2) is 10.8. The van der Waals surface area contributed by atoms with Gasteiger partial charge in [-0.1, -0.05) is 47.0 Å². The van der Waals surface area contributed by atoms with Crippen LogP contribution in [0.5, 0.6) is 0 Å². The molecule has 1 amide bonds. The van der Waals surface area contributed by atoms with Gasteiger partial charge in [-0.05, 0) is 62.4 Å². The number of hydrogen-bond acceptors (Lipinski definition) is 6. The molecule has 0 saturated heterocycles. The fraction of sp³-hybridized carbons (Fsp3) is 0.280. The highest BCUT2D eigenvalue weighted by molar-refractivity contribution is 7.92. The number of sulfonamides is 1.